The summed E-state index contributed by atoms with van der Waals surface area (Å²) in [5.41, 5.74) is -0.0150. The van der Waals surface area contributed by atoms with E-state index in [1.54, 1.807) is 0 Å². The third kappa shape index (κ3) is 4.16. The molecule has 1 aromatic carbocycles. The standard InChI is InChI=1S/C8H7F4NO.C2H6/c1-14-13-5-2-3-7(9)6(4-5)8(10,11)12;1-2/h2-4,13H,1H3;1-2H3/p+1. The highest BCUT2D eigenvalue weighted by atomic mass is 19.4. The molecule has 1 aromatic rings. The van der Waals surface area contributed by atoms with Crippen molar-refractivity contribution in [1.29, 1.82) is 0 Å². The number of rotatable bonds is 2. The zero-order chi connectivity index (χ0) is 12.8. The predicted octanol–water partition coefficient (Wildman–Crippen LogP) is 2.63. The molecule has 1 rings (SSSR count). The van der Waals surface area contributed by atoms with Crippen LogP contribution in [-0.2, 0) is 11.0 Å². The van der Waals surface area contributed by atoms with E-state index < -0.39 is 17.6 Å². The highest BCUT2D eigenvalue weighted by Crippen LogP contribution is 2.32. The monoisotopic (exact) mass is 240 g/mol. The van der Waals surface area contributed by atoms with Gasteiger partial charge in [0, 0.05) is 12.1 Å². The fourth-order valence-corrected chi connectivity index (χ4v) is 0.970. The molecule has 92 valence electrons. The molecule has 2 N–H and O–H groups in total. The largest absolute Gasteiger partial charge is 0.419 e. The van der Waals surface area contributed by atoms with Crippen molar-refractivity contribution in [3.05, 3.63) is 29.6 Å². The maximum absolute atomic E-state index is 12.7. The van der Waals surface area contributed by atoms with Crippen LogP contribution in [0.4, 0.5) is 23.2 Å². The highest BCUT2D eigenvalue weighted by molar-refractivity contribution is 5.35. The maximum atomic E-state index is 12.7. The normalized spacial score (nSPS) is 10.7. The topological polar surface area (TPSA) is 25.8 Å². The van der Waals surface area contributed by atoms with Gasteiger partial charge in [-0.1, -0.05) is 13.8 Å². The molecule has 0 spiro atoms. The Balaban J connectivity index is 0.00000106. The zero-order valence-corrected chi connectivity index (χ0v) is 9.23. The van der Waals surface area contributed by atoms with Gasteiger partial charge in [0.15, 0.2) is 5.69 Å². The summed E-state index contributed by atoms with van der Waals surface area (Å²) < 4.78 is 49.3. The molecular weight excluding hydrogens is 226 g/mol. The van der Waals surface area contributed by atoms with Crippen LogP contribution in [0.15, 0.2) is 18.2 Å². The van der Waals surface area contributed by atoms with Gasteiger partial charge in [-0.3, -0.25) is 0 Å². The minimum absolute atomic E-state index is 0.168. The number of quaternary nitrogens is 1. The number of hydrogen-bond donors (Lipinski definition) is 1. The van der Waals surface area contributed by atoms with Crippen LogP contribution in [0.2, 0.25) is 0 Å². The summed E-state index contributed by atoms with van der Waals surface area (Å²) in [6.07, 6.45) is -4.68. The summed E-state index contributed by atoms with van der Waals surface area (Å²) >= 11 is 0. The molecule has 0 aromatic heterocycles. The minimum atomic E-state index is -4.68. The average molecular weight is 240 g/mol. The molecule has 0 saturated carbocycles. The van der Waals surface area contributed by atoms with Crippen molar-refractivity contribution in [2.24, 2.45) is 0 Å². The number of hydrogen-bond acceptors (Lipinski definition) is 1. The molecule has 6 heteroatoms. The summed E-state index contributed by atoms with van der Waals surface area (Å²) in [4.78, 5) is 4.52. The minimum Gasteiger partial charge on any atom is -0.206 e. The fourth-order valence-electron chi connectivity index (χ4n) is 0.970. The Labute approximate surface area is 91.2 Å². The Morgan fingerprint density at radius 2 is 1.75 bits per heavy atom. The van der Waals surface area contributed by atoms with Gasteiger partial charge in [0.05, 0.1) is 12.7 Å². The van der Waals surface area contributed by atoms with E-state index in [1.165, 1.54) is 13.2 Å². The Bertz CT molecular complexity index is 325. The van der Waals surface area contributed by atoms with Crippen molar-refractivity contribution in [2.75, 3.05) is 7.11 Å². The van der Waals surface area contributed by atoms with Crippen LogP contribution >= 0.6 is 0 Å². The summed E-state index contributed by atoms with van der Waals surface area (Å²) in [7, 11) is 1.30. The first kappa shape index (κ1) is 14.9. The van der Waals surface area contributed by atoms with Crippen molar-refractivity contribution < 1.29 is 27.9 Å². The molecule has 0 aliphatic heterocycles. The van der Waals surface area contributed by atoms with Crippen molar-refractivity contribution in [1.82, 2.24) is 0 Å². The van der Waals surface area contributed by atoms with Gasteiger partial charge < -0.3 is 0 Å². The Morgan fingerprint density at radius 1 is 1.19 bits per heavy atom. The fraction of sp³-hybridized carbons (Fsp3) is 0.400. The smallest absolute Gasteiger partial charge is 0.206 e. The SMILES string of the molecule is CC.CO[NH2+]c1ccc(F)c(C(F)(F)F)c1. The van der Waals surface area contributed by atoms with Gasteiger partial charge in [0.1, 0.15) is 5.82 Å². The van der Waals surface area contributed by atoms with Crippen LogP contribution in [0.1, 0.15) is 19.4 Å². The van der Waals surface area contributed by atoms with Crippen molar-refractivity contribution in [3.8, 4) is 0 Å². The summed E-state index contributed by atoms with van der Waals surface area (Å²) in [5.74, 6) is -1.29. The molecule has 0 atom stereocenters. The van der Waals surface area contributed by atoms with Gasteiger partial charge in [-0.2, -0.15) is 18.7 Å². The lowest BCUT2D eigenvalue weighted by Crippen LogP contribution is -2.76. The molecule has 0 aliphatic rings. The zero-order valence-electron chi connectivity index (χ0n) is 9.23. The third-order valence-electron chi connectivity index (χ3n) is 1.55. The van der Waals surface area contributed by atoms with E-state index in [-0.39, 0.29) is 5.69 Å². The van der Waals surface area contributed by atoms with Crippen LogP contribution in [-0.4, -0.2) is 7.11 Å². The third-order valence-corrected chi connectivity index (χ3v) is 1.55. The van der Waals surface area contributed by atoms with Crippen LogP contribution in [0.5, 0.6) is 0 Å². The number of benzene rings is 1. The first-order chi connectivity index (χ1) is 7.45. The summed E-state index contributed by atoms with van der Waals surface area (Å²) in [6, 6.07) is 2.65. The van der Waals surface area contributed by atoms with E-state index in [1.807, 2.05) is 13.8 Å². The number of alkyl halides is 3. The summed E-state index contributed by atoms with van der Waals surface area (Å²) in [5, 5.41) is 0. The second-order valence-corrected chi connectivity index (χ2v) is 2.59. The second-order valence-electron chi connectivity index (χ2n) is 2.59. The molecule has 0 amide bonds. The van der Waals surface area contributed by atoms with Gasteiger partial charge in [-0.05, 0) is 6.07 Å². The van der Waals surface area contributed by atoms with Crippen LogP contribution in [0, 0.1) is 5.82 Å². The maximum Gasteiger partial charge on any atom is 0.419 e. The first-order valence-corrected chi connectivity index (χ1v) is 4.68. The number of nitrogens with two attached hydrogens (primary N) is 1. The molecular formula is C10H14F4NO+. The van der Waals surface area contributed by atoms with Crippen molar-refractivity contribution in [2.45, 2.75) is 20.0 Å². The van der Waals surface area contributed by atoms with Crippen molar-refractivity contribution >= 4 is 5.69 Å². The van der Waals surface area contributed by atoms with Gasteiger partial charge in [-0.25, -0.2) is 9.23 Å². The lowest BCUT2D eigenvalue weighted by Gasteiger charge is -2.07. The average Bonchev–Trinajstić information content (AvgIpc) is 2.23. The van der Waals surface area contributed by atoms with Gasteiger partial charge in [0.25, 0.3) is 0 Å². The molecule has 16 heavy (non-hydrogen) atoms. The van der Waals surface area contributed by atoms with Gasteiger partial charge >= 0.3 is 6.18 Å². The first-order valence-electron chi connectivity index (χ1n) is 4.68. The number of halogens is 4. The molecule has 0 aliphatic carbocycles. The van der Waals surface area contributed by atoms with Gasteiger partial charge in [0.2, 0.25) is 0 Å². The van der Waals surface area contributed by atoms with E-state index in [0.717, 1.165) is 11.5 Å². The van der Waals surface area contributed by atoms with Crippen LogP contribution in [0.3, 0.4) is 0 Å². The Morgan fingerprint density at radius 3 is 2.19 bits per heavy atom. The van der Waals surface area contributed by atoms with E-state index in [2.05, 4.69) is 4.84 Å². The molecule has 0 fully saturated rings. The van der Waals surface area contributed by atoms with E-state index in [9.17, 15) is 17.6 Å². The van der Waals surface area contributed by atoms with Crippen molar-refractivity contribution in [3.63, 3.8) is 0 Å². The van der Waals surface area contributed by atoms with Crippen LogP contribution < -0.4 is 5.48 Å². The van der Waals surface area contributed by atoms with E-state index >= 15 is 0 Å². The summed E-state index contributed by atoms with van der Waals surface area (Å²) in [6.45, 7) is 4.00. The van der Waals surface area contributed by atoms with Crippen LogP contribution in [0.25, 0.3) is 0 Å². The molecule has 2 nitrogen and oxygen atoms in total. The Kier molecular flexibility index (Phi) is 5.98. The predicted molar refractivity (Wildman–Crippen MR) is 51.3 cm³/mol. The van der Waals surface area contributed by atoms with E-state index in [4.69, 9.17) is 0 Å². The second kappa shape index (κ2) is 6.44. The highest BCUT2D eigenvalue weighted by Gasteiger charge is 2.34. The lowest BCUT2D eigenvalue weighted by atomic mass is 10.2. The lowest BCUT2D eigenvalue weighted by molar-refractivity contribution is -0.830. The Hall–Kier alpha value is -1.14. The quantitative estimate of drug-likeness (QED) is 0.480. The molecule has 0 saturated heterocycles. The molecule has 0 radical (unpaired) electrons. The molecule has 0 unspecified atom stereocenters. The molecule has 0 heterocycles. The molecule has 0 bridgehead atoms. The van der Waals surface area contributed by atoms with E-state index in [0.29, 0.717) is 6.07 Å². The van der Waals surface area contributed by atoms with Gasteiger partial charge in [-0.15, -0.1) is 0 Å².